The Morgan fingerprint density at radius 2 is 1.85 bits per heavy atom. The summed E-state index contributed by atoms with van der Waals surface area (Å²) in [7, 11) is 1.56. The summed E-state index contributed by atoms with van der Waals surface area (Å²) in [6.07, 6.45) is 0.980. The van der Waals surface area contributed by atoms with Gasteiger partial charge in [0.25, 0.3) is 0 Å². The standard InChI is InChI=1S/C13H21NO6/c1-8(20-2)3-4-11(15)14-6-5-9(12(16)17)10(7-14)13(18)19/h8-10H,3-7H2,1-2H3,(H,16,17)(H,18,19). The number of carboxylic acid groups (broad SMARTS) is 2. The quantitative estimate of drug-likeness (QED) is 0.734. The first-order chi connectivity index (χ1) is 9.36. The molecule has 7 heteroatoms. The molecule has 0 saturated carbocycles. The maximum Gasteiger partial charge on any atom is 0.309 e. The molecule has 0 radical (unpaired) electrons. The second kappa shape index (κ2) is 7.23. The van der Waals surface area contributed by atoms with Crippen molar-refractivity contribution in [1.29, 1.82) is 0 Å². The van der Waals surface area contributed by atoms with Gasteiger partial charge in [0.2, 0.25) is 5.91 Å². The van der Waals surface area contributed by atoms with Gasteiger partial charge < -0.3 is 19.8 Å². The van der Waals surface area contributed by atoms with Crippen LogP contribution in [0.5, 0.6) is 0 Å². The summed E-state index contributed by atoms with van der Waals surface area (Å²) in [5, 5.41) is 18.1. The minimum Gasteiger partial charge on any atom is -0.481 e. The molecular weight excluding hydrogens is 266 g/mol. The zero-order chi connectivity index (χ0) is 15.3. The van der Waals surface area contributed by atoms with Crippen molar-refractivity contribution in [2.24, 2.45) is 11.8 Å². The van der Waals surface area contributed by atoms with Crippen LogP contribution in [0.25, 0.3) is 0 Å². The molecule has 1 saturated heterocycles. The number of hydrogen-bond donors (Lipinski definition) is 2. The van der Waals surface area contributed by atoms with Crippen LogP contribution in [0.3, 0.4) is 0 Å². The Bertz CT molecular complexity index is 383. The minimum absolute atomic E-state index is 0.0352. The minimum atomic E-state index is -1.17. The molecule has 0 spiro atoms. The number of carboxylic acids is 2. The summed E-state index contributed by atoms with van der Waals surface area (Å²) in [6, 6.07) is 0. The van der Waals surface area contributed by atoms with Crippen LogP contribution in [0.4, 0.5) is 0 Å². The van der Waals surface area contributed by atoms with E-state index in [1.54, 1.807) is 7.11 Å². The topological polar surface area (TPSA) is 104 Å². The number of carbonyl (C=O) groups excluding carboxylic acids is 1. The predicted octanol–water partition coefficient (Wildman–Crippen LogP) is 0.435. The van der Waals surface area contributed by atoms with E-state index in [1.807, 2.05) is 6.92 Å². The van der Waals surface area contributed by atoms with Gasteiger partial charge >= 0.3 is 11.9 Å². The van der Waals surface area contributed by atoms with Crippen LogP contribution in [-0.4, -0.2) is 59.3 Å². The fraction of sp³-hybridized carbons (Fsp3) is 0.769. The van der Waals surface area contributed by atoms with Gasteiger partial charge in [0.1, 0.15) is 0 Å². The number of likely N-dealkylation sites (tertiary alicyclic amines) is 1. The van der Waals surface area contributed by atoms with E-state index < -0.39 is 23.8 Å². The second-order valence-corrected chi connectivity index (χ2v) is 5.10. The van der Waals surface area contributed by atoms with Crippen LogP contribution in [0.2, 0.25) is 0 Å². The van der Waals surface area contributed by atoms with E-state index in [-0.39, 0.29) is 31.4 Å². The third-order valence-corrected chi connectivity index (χ3v) is 3.77. The van der Waals surface area contributed by atoms with Crippen molar-refractivity contribution in [3.8, 4) is 0 Å². The molecule has 20 heavy (non-hydrogen) atoms. The maximum absolute atomic E-state index is 12.0. The van der Waals surface area contributed by atoms with E-state index in [1.165, 1.54) is 4.90 Å². The number of piperidine rings is 1. The Morgan fingerprint density at radius 1 is 1.25 bits per heavy atom. The monoisotopic (exact) mass is 287 g/mol. The first-order valence-corrected chi connectivity index (χ1v) is 6.63. The Balaban J connectivity index is 2.60. The molecule has 1 aliphatic heterocycles. The molecule has 2 N–H and O–H groups in total. The number of rotatable bonds is 6. The highest BCUT2D eigenvalue weighted by Crippen LogP contribution is 2.25. The molecule has 0 aromatic rings. The van der Waals surface area contributed by atoms with Crippen molar-refractivity contribution >= 4 is 17.8 Å². The molecular formula is C13H21NO6. The molecule has 1 rings (SSSR count). The second-order valence-electron chi connectivity index (χ2n) is 5.10. The summed E-state index contributed by atoms with van der Waals surface area (Å²) in [4.78, 5) is 35.6. The Kier molecular flexibility index (Phi) is 5.94. The Hall–Kier alpha value is -1.63. The Labute approximate surface area is 117 Å². The first kappa shape index (κ1) is 16.4. The lowest BCUT2D eigenvalue weighted by atomic mass is 9.85. The van der Waals surface area contributed by atoms with E-state index in [4.69, 9.17) is 14.9 Å². The lowest BCUT2D eigenvalue weighted by Crippen LogP contribution is -2.48. The van der Waals surface area contributed by atoms with E-state index in [0.717, 1.165) is 0 Å². The molecule has 0 aliphatic carbocycles. The molecule has 1 heterocycles. The lowest BCUT2D eigenvalue weighted by Gasteiger charge is -2.34. The lowest BCUT2D eigenvalue weighted by molar-refractivity contribution is -0.159. The van der Waals surface area contributed by atoms with Crippen LogP contribution >= 0.6 is 0 Å². The van der Waals surface area contributed by atoms with Gasteiger partial charge in [-0.2, -0.15) is 0 Å². The van der Waals surface area contributed by atoms with Crippen LogP contribution in [0.15, 0.2) is 0 Å². The van der Waals surface area contributed by atoms with Crippen LogP contribution in [-0.2, 0) is 19.1 Å². The van der Waals surface area contributed by atoms with Crippen LogP contribution in [0.1, 0.15) is 26.2 Å². The molecule has 0 aromatic heterocycles. The summed E-state index contributed by atoms with van der Waals surface area (Å²) < 4.78 is 5.05. The number of ether oxygens (including phenoxy) is 1. The summed E-state index contributed by atoms with van der Waals surface area (Å²) in [5.74, 6) is -4.39. The molecule has 0 bridgehead atoms. The van der Waals surface area contributed by atoms with Gasteiger partial charge in [0.15, 0.2) is 0 Å². The number of nitrogens with zero attached hydrogens (tertiary/aromatic N) is 1. The van der Waals surface area contributed by atoms with Crippen molar-refractivity contribution in [3.05, 3.63) is 0 Å². The highest BCUT2D eigenvalue weighted by Gasteiger charge is 2.39. The predicted molar refractivity (Wildman–Crippen MR) is 69.2 cm³/mol. The highest BCUT2D eigenvalue weighted by atomic mass is 16.5. The first-order valence-electron chi connectivity index (χ1n) is 6.63. The normalized spacial score (nSPS) is 24.2. The third-order valence-electron chi connectivity index (χ3n) is 3.77. The maximum atomic E-state index is 12.0. The fourth-order valence-corrected chi connectivity index (χ4v) is 2.33. The molecule has 114 valence electrons. The zero-order valence-corrected chi connectivity index (χ0v) is 11.7. The van der Waals surface area contributed by atoms with Crippen molar-refractivity contribution in [2.45, 2.75) is 32.3 Å². The number of aliphatic carboxylic acids is 2. The smallest absolute Gasteiger partial charge is 0.309 e. The zero-order valence-electron chi connectivity index (χ0n) is 11.7. The van der Waals surface area contributed by atoms with Crippen LogP contribution in [0, 0.1) is 11.8 Å². The molecule has 0 aromatic carbocycles. The SMILES string of the molecule is COC(C)CCC(=O)N1CCC(C(=O)O)C(C(=O)O)C1. The van der Waals surface area contributed by atoms with Gasteiger partial charge in [-0.1, -0.05) is 0 Å². The van der Waals surface area contributed by atoms with E-state index >= 15 is 0 Å². The van der Waals surface area contributed by atoms with Gasteiger partial charge in [0.05, 0.1) is 17.9 Å². The van der Waals surface area contributed by atoms with Crippen molar-refractivity contribution in [2.75, 3.05) is 20.2 Å². The number of hydrogen-bond acceptors (Lipinski definition) is 4. The average molecular weight is 287 g/mol. The van der Waals surface area contributed by atoms with Gasteiger partial charge in [-0.3, -0.25) is 14.4 Å². The van der Waals surface area contributed by atoms with Crippen molar-refractivity contribution in [1.82, 2.24) is 4.90 Å². The molecule has 1 amide bonds. The molecule has 1 fully saturated rings. The summed E-state index contributed by atoms with van der Waals surface area (Å²) in [5.41, 5.74) is 0. The molecule has 1 aliphatic rings. The molecule has 7 nitrogen and oxygen atoms in total. The average Bonchev–Trinajstić information content (AvgIpc) is 2.43. The number of methoxy groups -OCH3 is 1. The summed E-state index contributed by atoms with van der Waals surface area (Å²) in [6.45, 7) is 2.11. The Morgan fingerprint density at radius 3 is 2.35 bits per heavy atom. The van der Waals surface area contributed by atoms with Crippen LogP contribution < -0.4 is 0 Å². The highest BCUT2D eigenvalue weighted by molar-refractivity contribution is 5.82. The van der Waals surface area contributed by atoms with Gasteiger partial charge in [0, 0.05) is 26.6 Å². The third kappa shape index (κ3) is 4.19. The van der Waals surface area contributed by atoms with Gasteiger partial charge in [-0.15, -0.1) is 0 Å². The molecule has 3 unspecified atom stereocenters. The fourth-order valence-electron chi connectivity index (χ4n) is 2.33. The number of amides is 1. The van der Waals surface area contributed by atoms with Crippen molar-refractivity contribution in [3.63, 3.8) is 0 Å². The van der Waals surface area contributed by atoms with Gasteiger partial charge in [-0.25, -0.2) is 0 Å². The molecule has 3 atom stereocenters. The van der Waals surface area contributed by atoms with E-state index in [0.29, 0.717) is 13.0 Å². The largest absolute Gasteiger partial charge is 0.481 e. The van der Waals surface area contributed by atoms with E-state index in [2.05, 4.69) is 0 Å². The van der Waals surface area contributed by atoms with Gasteiger partial charge in [-0.05, 0) is 19.8 Å². The van der Waals surface area contributed by atoms with E-state index in [9.17, 15) is 14.4 Å². The summed E-state index contributed by atoms with van der Waals surface area (Å²) >= 11 is 0. The number of carbonyl (C=O) groups is 3. The van der Waals surface area contributed by atoms with Crippen molar-refractivity contribution < 1.29 is 29.3 Å².